The molecule has 0 unspecified atom stereocenters. The van der Waals surface area contributed by atoms with E-state index in [4.69, 9.17) is 20.1 Å². The summed E-state index contributed by atoms with van der Waals surface area (Å²) >= 11 is 0. The third kappa shape index (κ3) is 6.74. The van der Waals surface area contributed by atoms with E-state index in [1.807, 2.05) is 42.5 Å². The average molecular weight is 780 g/mol. The molecule has 0 aliphatic heterocycles. The molecule has 0 amide bonds. The predicted octanol–water partition coefficient (Wildman–Crippen LogP) is 14.0. The van der Waals surface area contributed by atoms with Crippen LogP contribution in [0.1, 0.15) is 0 Å². The first kappa shape index (κ1) is 35.8. The summed E-state index contributed by atoms with van der Waals surface area (Å²) in [6.07, 6.45) is 0. The van der Waals surface area contributed by atoms with Gasteiger partial charge in [0.1, 0.15) is 5.69 Å². The molecule has 0 radical (unpaired) electrons. The van der Waals surface area contributed by atoms with Crippen molar-refractivity contribution in [3.8, 4) is 84.5 Å². The van der Waals surface area contributed by atoms with Gasteiger partial charge >= 0.3 is 0 Å². The van der Waals surface area contributed by atoms with Gasteiger partial charge in [-0.2, -0.15) is 5.10 Å². The Morgan fingerprint density at radius 2 is 0.754 bits per heavy atom. The van der Waals surface area contributed by atoms with Gasteiger partial charge in [-0.25, -0.2) is 19.6 Å². The van der Waals surface area contributed by atoms with Crippen LogP contribution in [0.5, 0.6) is 0 Å². The van der Waals surface area contributed by atoms with Crippen molar-refractivity contribution in [1.82, 2.24) is 24.7 Å². The van der Waals surface area contributed by atoms with Gasteiger partial charge in [0, 0.05) is 33.0 Å². The topological polar surface area (TPSA) is 56.5 Å². The monoisotopic (exact) mass is 779 g/mol. The molecule has 11 aromatic rings. The molecule has 0 saturated heterocycles. The molecule has 9 aromatic carbocycles. The second-order valence-corrected chi connectivity index (χ2v) is 15.1. The Balaban J connectivity index is 1.12. The Morgan fingerprint density at radius 3 is 1.38 bits per heavy atom. The van der Waals surface area contributed by atoms with E-state index >= 15 is 0 Å². The lowest BCUT2D eigenvalue weighted by molar-refractivity contribution is 0.918. The van der Waals surface area contributed by atoms with Crippen molar-refractivity contribution in [2.24, 2.45) is 0 Å². The van der Waals surface area contributed by atoms with Gasteiger partial charge in [0.25, 0.3) is 0 Å². The molecule has 5 heteroatoms. The normalized spacial score (nSPS) is 11.3. The first-order chi connectivity index (χ1) is 30.2. The zero-order valence-corrected chi connectivity index (χ0v) is 33.1. The molecular weight excluding hydrogens is 743 g/mol. The molecular formula is C56H37N5. The van der Waals surface area contributed by atoms with Gasteiger partial charge in [0.05, 0.1) is 11.2 Å². The molecule has 0 spiro atoms. The number of hydrogen-bond acceptors (Lipinski definition) is 4. The van der Waals surface area contributed by atoms with Gasteiger partial charge in [-0.15, -0.1) is 0 Å². The number of nitrogens with zero attached hydrogens (tertiary/aromatic N) is 5. The Hall–Kier alpha value is -8.28. The highest BCUT2D eigenvalue weighted by Crippen LogP contribution is 2.44. The van der Waals surface area contributed by atoms with Crippen LogP contribution in [0, 0.1) is 0 Å². The lowest BCUT2D eigenvalue weighted by Gasteiger charge is -2.15. The first-order valence-electron chi connectivity index (χ1n) is 20.5. The highest BCUT2D eigenvalue weighted by molar-refractivity contribution is 6.19. The van der Waals surface area contributed by atoms with Crippen molar-refractivity contribution in [2.45, 2.75) is 0 Å². The number of aromatic nitrogens is 5. The SMILES string of the molecule is c1ccc(-c2cccc(-c3nc(-c4ccccc4)nc(-c4cccc(-c5cccc6c5cc(-c5ccccc5)c5c(-c7ccccc7)nn(-c7ccccc7)c56)c4)n3)c2)cc1. The quantitative estimate of drug-likeness (QED) is 0.154. The van der Waals surface area contributed by atoms with E-state index in [9.17, 15) is 0 Å². The minimum absolute atomic E-state index is 0.609. The van der Waals surface area contributed by atoms with E-state index in [2.05, 4.69) is 187 Å². The lowest BCUT2D eigenvalue weighted by atomic mass is 9.90. The summed E-state index contributed by atoms with van der Waals surface area (Å²) in [5.74, 6) is 1.85. The summed E-state index contributed by atoms with van der Waals surface area (Å²) in [5, 5.41) is 8.76. The molecule has 0 bridgehead atoms. The van der Waals surface area contributed by atoms with Crippen LogP contribution in [0.3, 0.4) is 0 Å². The maximum absolute atomic E-state index is 5.41. The Labute approximate surface area is 354 Å². The highest BCUT2D eigenvalue weighted by atomic mass is 15.3. The maximum Gasteiger partial charge on any atom is 0.164 e. The maximum atomic E-state index is 5.41. The highest BCUT2D eigenvalue weighted by Gasteiger charge is 2.23. The van der Waals surface area contributed by atoms with Crippen LogP contribution in [0.15, 0.2) is 224 Å². The minimum atomic E-state index is 0.609. The van der Waals surface area contributed by atoms with Crippen molar-refractivity contribution in [3.05, 3.63) is 224 Å². The van der Waals surface area contributed by atoms with Crippen LogP contribution in [0.4, 0.5) is 0 Å². The van der Waals surface area contributed by atoms with E-state index in [0.29, 0.717) is 17.5 Å². The summed E-state index contributed by atoms with van der Waals surface area (Å²) in [6, 6.07) is 78.1. The Kier molecular flexibility index (Phi) is 9.10. The molecule has 11 rings (SSSR count). The number of fused-ring (bicyclic) bond motifs is 3. The van der Waals surface area contributed by atoms with E-state index in [-0.39, 0.29) is 0 Å². The van der Waals surface area contributed by atoms with Crippen molar-refractivity contribution in [3.63, 3.8) is 0 Å². The second kappa shape index (κ2) is 15.5. The van der Waals surface area contributed by atoms with Gasteiger partial charge in [-0.3, -0.25) is 0 Å². The standard InChI is InChI=1S/C56H37N5/c1-6-19-38(20-7-1)42-27-16-29-44(35-42)55-57-54(41-25-12-4-13-26-41)58-56(59-55)45-30-17-28-43(36-45)47-33-18-34-48-50(47)37-49(39-21-8-2-9-22-39)51-52(40-23-10-3-11-24-40)60-61(53(48)51)46-31-14-5-15-32-46/h1-37H. The third-order valence-corrected chi connectivity index (χ3v) is 11.3. The molecule has 0 atom stereocenters. The zero-order valence-electron chi connectivity index (χ0n) is 33.1. The molecule has 5 nitrogen and oxygen atoms in total. The van der Waals surface area contributed by atoms with Gasteiger partial charge in [0.2, 0.25) is 0 Å². The van der Waals surface area contributed by atoms with Crippen LogP contribution in [-0.4, -0.2) is 24.7 Å². The molecule has 286 valence electrons. The van der Waals surface area contributed by atoms with Gasteiger partial charge in [-0.1, -0.05) is 194 Å². The molecule has 0 fully saturated rings. The molecule has 61 heavy (non-hydrogen) atoms. The number of benzene rings is 9. The van der Waals surface area contributed by atoms with Crippen LogP contribution in [0.2, 0.25) is 0 Å². The van der Waals surface area contributed by atoms with Crippen molar-refractivity contribution in [2.75, 3.05) is 0 Å². The van der Waals surface area contributed by atoms with Gasteiger partial charge in [0.15, 0.2) is 17.5 Å². The summed E-state index contributed by atoms with van der Waals surface area (Å²) in [5.41, 5.74) is 13.5. The molecule has 0 N–H and O–H groups in total. The number of hydrogen-bond donors (Lipinski definition) is 0. The van der Waals surface area contributed by atoms with Crippen LogP contribution in [0.25, 0.3) is 106 Å². The molecule has 0 aliphatic rings. The molecule has 0 aliphatic carbocycles. The van der Waals surface area contributed by atoms with Crippen molar-refractivity contribution >= 4 is 21.7 Å². The van der Waals surface area contributed by atoms with Crippen LogP contribution < -0.4 is 0 Å². The fraction of sp³-hybridized carbons (Fsp3) is 0. The van der Waals surface area contributed by atoms with Gasteiger partial charge < -0.3 is 0 Å². The Bertz CT molecular complexity index is 3330. The largest absolute Gasteiger partial charge is 0.232 e. The van der Waals surface area contributed by atoms with E-state index < -0.39 is 0 Å². The van der Waals surface area contributed by atoms with Crippen LogP contribution in [-0.2, 0) is 0 Å². The van der Waals surface area contributed by atoms with Gasteiger partial charge in [-0.05, 0) is 69.1 Å². The molecule has 0 saturated carbocycles. The first-order valence-corrected chi connectivity index (χ1v) is 20.5. The summed E-state index contributed by atoms with van der Waals surface area (Å²) in [6.45, 7) is 0. The van der Waals surface area contributed by atoms with Crippen molar-refractivity contribution < 1.29 is 0 Å². The summed E-state index contributed by atoms with van der Waals surface area (Å²) < 4.78 is 2.12. The molecule has 2 heterocycles. The Morgan fingerprint density at radius 1 is 0.295 bits per heavy atom. The lowest BCUT2D eigenvalue weighted by Crippen LogP contribution is -2.00. The fourth-order valence-corrected chi connectivity index (χ4v) is 8.36. The van der Waals surface area contributed by atoms with E-state index in [0.717, 1.165) is 88.7 Å². The predicted molar refractivity (Wildman–Crippen MR) is 250 cm³/mol. The van der Waals surface area contributed by atoms with E-state index in [1.54, 1.807) is 0 Å². The number of para-hydroxylation sites is 1. The van der Waals surface area contributed by atoms with Crippen LogP contribution >= 0.6 is 0 Å². The van der Waals surface area contributed by atoms with Crippen molar-refractivity contribution in [1.29, 1.82) is 0 Å². The smallest absolute Gasteiger partial charge is 0.164 e. The average Bonchev–Trinajstić information content (AvgIpc) is 3.76. The zero-order chi connectivity index (χ0) is 40.5. The summed E-state index contributed by atoms with van der Waals surface area (Å²) in [4.78, 5) is 15.3. The fourth-order valence-electron chi connectivity index (χ4n) is 8.36. The minimum Gasteiger partial charge on any atom is -0.232 e. The third-order valence-electron chi connectivity index (χ3n) is 11.3. The number of rotatable bonds is 8. The van der Waals surface area contributed by atoms with E-state index in [1.165, 1.54) is 0 Å². The molecule has 2 aromatic heterocycles. The summed E-state index contributed by atoms with van der Waals surface area (Å²) in [7, 11) is 0. The second-order valence-electron chi connectivity index (χ2n) is 15.1.